The number of aromatic amines is 1. The fourth-order valence-corrected chi connectivity index (χ4v) is 2.18. The fourth-order valence-electron chi connectivity index (χ4n) is 2.18. The number of hydrogen-bond donors (Lipinski definition) is 5. The normalized spacial score (nSPS) is 44.1. The molecule has 0 radical (unpaired) electrons. The molecule has 5 N–H and O–H groups in total. The Labute approximate surface area is 104 Å². The predicted octanol–water partition coefficient (Wildman–Crippen LogP) is -4.06. The lowest BCUT2D eigenvalue weighted by Gasteiger charge is -2.28. The number of H-pyrrole nitrogens is 1. The summed E-state index contributed by atoms with van der Waals surface area (Å²) in [5.41, 5.74) is -1.81. The Balaban J connectivity index is 2.15. The number of ether oxygens (including phenoxy) is 2. The highest BCUT2D eigenvalue weighted by atomic mass is 16.9. The zero-order valence-electron chi connectivity index (χ0n) is 9.31. The smallest absolute Gasteiger partial charge is 0.332 e. The fraction of sp³-hybridized carbons (Fsp3) is 0.556. The van der Waals surface area contributed by atoms with Crippen LogP contribution in [0.25, 0.3) is 0 Å². The van der Waals surface area contributed by atoms with Crippen molar-refractivity contribution < 1.29 is 29.9 Å². The van der Waals surface area contributed by atoms with Crippen molar-refractivity contribution in [1.29, 1.82) is 0 Å². The predicted molar refractivity (Wildman–Crippen MR) is 54.5 cm³/mol. The maximum atomic E-state index is 11.6. The van der Waals surface area contributed by atoms with Gasteiger partial charge in [-0.25, -0.2) is 9.36 Å². The van der Waals surface area contributed by atoms with Gasteiger partial charge in [0.05, 0.1) is 6.61 Å². The van der Waals surface area contributed by atoms with E-state index in [1.807, 2.05) is 4.98 Å². The number of nitrogens with one attached hydrogen (secondary N) is 1. The van der Waals surface area contributed by atoms with E-state index >= 15 is 0 Å². The summed E-state index contributed by atoms with van der Waals surface area (Å²) in [6.45, 7) is -0.765. The molecule has 0 aliphatic carbocycles. The van der Waals surface area contributed by atoms with Gasteiger partial charge in [0, 0.05) is 12.3 Å². The van der Waals surface area contributed by atoms with E-state index < -0.39 is 41.4 Å². The average molecular weight is 274 g/mol. The van der Waals surface area contributed by atoms with Crippen molar-refractivity contribution in [2.24, 2.45) is 0 Å². The molecule has 0 saturated carbocycles. The number of hydrogen-bond acceptors (Lipinski definition) is 8. The van der Waals surface area contributed by atoms with E-state index in [1.165, 1.54) is 0 Å². The number of fused-ring (bicyclic) bond motifs is 1. The van der Waals surface area contributed by atoms with Gasteiger partial charge in [0.2, 0.25) is 0 Å². The van der Waals surface area contributed by atoms with Crippen LogP contribution in [0.1, 0.15) is 0 Å². The second-order valence-corrected chi connectivity index (χ2v) is 4.32. The van der Waals surface area contributed by atoms with Gasteiger partial charge in [-0.3, -0.25) is 14.5 Å². The third-order valence-corrected chi connectivity index (χ3v) is 3.25. The Morgan fingerprint density at radius 2 is 2.05 bits per heavy atom. The number of epoxide rings is 1. The molecule has 0 amide bonds. The van der Waals surface area contributed by atoms with E-state index in [0.29, 0.717) is 4.57 Å². The maximum Gasteiger partial charge on any atom is 0.332 e. The van der Waals surface area contributed by atoms with Crippen molar-refractivity contribution in [3.05, 3.63) is 33.1 Å². The summed E-state index contributed by atoms with van der Waals surface area (Å²) in [7, 11) is 0. The van der Waals surface area contributed by atoms with E-state index in [1.54, 1.807) is 0 Å². The largest absolute Gasteiger partial charge is 0.393 e. The summed E-state index contributed by atoms with van der Waals surface area (Å²) in [5.74, 6) is -7.71. The second kappa shape index (κ2) is 3.30. The molecule has 104 valence electrons. The van der Waals surface area contributed by atoms with Crippen molar-refractivity contribution in [1.82, 2.24) is 9.55 Å². The molecular weight excluding hydrogens is 264 g/mol. The highest BCUT2D eigenvalue weighted by Gasteiger charge is 2.90. The van der Waals surface area contributed by atoms with Gasteiger partial charge in [0.15, 0.2) is 0 Å². The first-order chi connectivity index (χ1) is 8.78. The van der Waals surface area contributed by atoms with E-state index in [-0.39, 0.29) is 0 Å². The lowest BCUT2D eigenvalue weighted by atomic mass is 10.1. The van der Waals surface area contributed by atoms with Crippen LogP contribution in [-0.4, -0.2) is 54.3 Å². The van der Waals surface area contributed by atoms with E-state index in [4.69, 9.17) is 9.84 Å². The average Bonchev–Trinajstić information content (AvgIpc) is 2.86. The molecule has 0 spiro atoms. The van der Waals surface area contributed by atoms with Crippen LogP contribution in [0.2, 0.25) is 0 Å². The summed E-state index contributed by atoms with van der Waals surface area (Å²) < 4.78 is 9.95. The minimum absolute atomic E-state index is 0.446. The van der Waals surface area contributed by atoms with Gasteiger partial charge < -0.3 is 25.2 Å². The van der Waals surface area contributed by atoms with E-state index in [9.17, 15) is 24.9 Å². The van der Waals surface area contributed by atoms with Crippen molar-refractivity contribution >= 4 is 0 Å². The van der Waals surface area contributed by atoms with E-state index in [0.717, 1.165) is 12.3 Å². The van der Waals surface area contributed by atoms with Gasteiger partial charge in [0.1, 0.15) is 6.10 Å². The van der Waals surface area contributed by atoms with Gasteiger partial charge in [0.25, 0.3) is 11.3 Å². The summed E-state index contributed by atoms with van der Waals surface area (Å²) in [4.78, 5) is 24.4. The second-order valence-electron chi connectivity index (χ2n) is 4.32. The van der Waals surface area contributed by atoms with E-state index in [2.05, 4.69) is 4.74 Å². The molecule has 10 heteroatoms. The molecule has 2 aliphatic heterocycles. The quantitative estimate of drug-likeness (QED) is 0.341. The van der Waals surface area contributed by atoms with Crippen LogP contribution >= 0.6 is 0 Å². The number of rotatable bonds is 2. The molecule has 3 heterocycles. The zero-order chi connectivity index (χ0) is 14.1. The number of aliphatic hydroxyl groups excluding tert-OH is 1. The Bertz CT molecular complexity index is 654. The standard InChI is InChI=1S/C9H10N2O8/c12-3-4-7(15)8(16,19-7)9(17,18-4)11-2-1-5(13)10-6(11)14/h1-2,4,12,15-17H,3H2,(H,10,13,14)/t4-,7-,8+,9+/m1/s1. The molecule has 3 rings (SSSR count). The minimum atomic E-state index is -2.77. The molecule has 2 aliphatic rings. The van der Waals surface area contributed by atoms with Crippen molar-refractivity contribution in [2.45, 2.75) is 23.6 Å². The van der Waals surface area contributed by atoms with Gasteiger partial charge in [-0.05, 0) is 0 Å². The highest BCUT2D eigenvalue weighted by molar-refractivity contribution is 5.17. The molecule has 2 saturated heterocycles. The lowest BCUT2D eigenvalue weighted by molar-refractivity contribution is -0.354. The van der Waals surface area contributed by atoms with Crippen molar-refractivity contribution in [3.8, 4) is 0 Å². The molecule has 0 bridgehead atoms. The number of nitrogens with zero attached hydrogens (tertiary/aromatic N) is 1. The van der Waals surface area contributed by atoms with Crippen LogP contribution in [0.4, 0.5) is 0 Å². The number of aromatic nitrogens is 2. The van der Waals surface area contributed by atoms with Crippen LogP contribution in [0.5, 0.6) is 0 Å². The van der Waals surface area contributed by atoms with Gasteiger partial charge in [-0.2, -0.15) is 0 Å². The zero-order valence-corrected chi connectivity index (χ0v) is 9.31. The summed E-state index contributed by atoms with van der Waals surface area (Å²) in [6, 6.07) is 0.903. The molecule has 1 aromatic heterocycles. The molecule has 2 fully saturated rings. The molecule has 1 aromatic rings. The monoisotopic (exact) mass is 274 g/mol. The molecule has 0 unspecified atom stereocenters. The summed E-state index contributed by atoms with van der Waals surface area (Å²) in [5, 5.41) is 39.1. The lowest BCUT2D eigenvalue weighted by Crippen LogP contribution is -2.53. The Morgan fingerprint density at radius 1 is 1.37 bits per heavy atom. The van der Waals surface area contributed by atoms with Crippen molar-refractivity contribution in [2.75, 3.05) is 6.61 Å². The SMILES string of the molecule is O=c1ccn([C@@]2(O)O[C@H](CO)[C@@]3(O)O[C@@]32O)c(=O)[nH]1. The van der Waals surface area contributed by atoms with Crippen LogP contribution in [-0.2, 0) is 15.4 Å². The van der Waals surface area contributed by atoms with Crippen LogP contribution in [0.3, 0.4) is 0 Å². The van der Waals surface area contributed by atoms with Crippen LogP contribution < -0.4 is 11.2 Å². The third kappa shape index (κ3) is 1.25. The first-order valence-corrected chi connectivity index (χ1v) is 5.27. The Morgan fingerprint density at radius 3 is 2.58 bits per heavy atom. The minimum Gasteiger partial charge on any atom is -0.393 e. The Hall–Kier alpha value is -1.56. The highest BCUT2D eigenvalue weighted by Crippen LogP contribution is 2.61. The van der Waals surface area contributed by atoms with Gasteiger partial charge in [-0.1, -0.05) is 0 Å². The van der Waals surface area contributed by atoms with Crippen LogP contribution in [0.15, 0.2) is 21.9 Å². The molecule has 0 aromatic carbocycles. The van der Waals surface area contributed by atoms with Crippen molar-refractivity contribution in [3.63, 3.8) is 0 Å². The maximum absolute atomic E-state index is 11.6. The molecule has 10 nitrogen and oxygen atoms in total. The first-order valence-electron chi connectivity index (χ1n) is 5.27. The van der Waals surface area contributed by atoms with Gasteiger partial charge in [-0.15, -0.1) is 0 Å². The van der Waals surface area contributed by atoms with Crippen LogP contribution in [0, 0.1) is 0 Å². The number of aliphatic hydroxyl groups is 4. The molecule has 19 heavy (non-hydrogen) atoms. The van der Waals surface area contributed by atoms with Gasteiger partial charge >= 0.3 is 17.4 Å². The summed E-state index contributed by atoms with van der Waals surface area (Å²) in [6.07, 6.45) is -0.595. The summed E-state index contributed by atoms with van der Waals surface area (Å²) >= 11 is 0. The first kappa shape index (κ1) is 12.5. The molecular formula is C9H10N2O8. The topological polar surface area (TPSA) is 158 Å². The Kier molecular flexibility index (Phi) is 2.17. The third-order valence-electron chi connectivity index (χ3n) is 3.25. The molecule has 4 atom stereocenters.